The molecule has 1 aliphatic heterocycles. The summed E-state index contributed by atoms with van der Waals surface area (Å²) in [6.07, 6.45) is 1.20. The molecule has 1 amide bonds. The van der Waals surface area contributed by atoms with Crippen molar-refractivity contribution < 1.29 is 14.6 Å². The standard InChI is InChI=1S/C16H26N2O3S/c1-11(2)13-10-22-14(17-13)15(19)18-7-5-16(20,6-8-21-4)12(3)9-18/h10-12,20H,5-9H2,1-4H3/t12-,16-/m1/s1. The molecule has 0 aromatic carbocycles. The van der Waals surface area contributed by atoms with Crippen LogP contribution in [0.15, 0.2) is 5.38 Å². The number of carbonyl (C=O) groups is 1. The van der Waals surface area contributed by atoms with Crippen LogP contribution in [0.2, 0.25) is 0 Å². The SMILES string of the molecule is COCC[C@]1(O)CCN(C(=O)c2nc(C(C)C)cs2)C[C@H]1C. The van der Waals surface area contributed by atoms with Crippen LogP contribution in [-0.2, 0) is 4.74 Å². The average Bonchev–Trinajstić information content (AvgIpc) is 2.97. The molecule has 0 unspecified atom stereocenters. The first kappa shape index (κ1) is 17.4. The third-order valence-electron chi connectivity index (χ3n) is 4.55. The Morgan fingerprint density at radius 1 is 1.64 bits per heavy atom. The van der Waals surface area contributed by atoms with Gasteiger partial charge < -0.3 is 14.7 Å². The van der Waals surface area contributed by atoms with E-state index in [4.69, 9.17) is 4.74 Å². The molecule has 6 heteroatoms. The fraction of sp³-hybridized carbons (Fsp3) is 0.750. The van der Waals surface area contributed by atoms with Gasteiger partial charge in [-0.15, -0.1) is 11.3 Å². The first-order valence-corrected chi connectivity index (χ1v) is 8.71. The first-order chi connectivity index (χ1) is 10.4. The van der Waals surface area contributed by atoms with Crippen LogP contribution in [0.5, 0.6) is 0 Å². The van der Waals surface area contributed by atoms with Gasteiger partial charge in [0.15, 0.2) is 5.01 Å². The van der Waals surface area contributed by atoms with E-state index in [0.29, 0.717) is 43.5 Å². The van der Waals surface area contributed by atoms with Crippen molar-refractivity contribution >= 4 is 17.2 Å². The van der Waals surface area contributed by atoms with Crippen molar-refractivity contribution in [3.63, 3.8) is 0 Å². The molecule has 1 aromatic rings. The van der Waals surface area contributed by atoms with Crippen molar-refractivity contribution in [2.24, 2.45) is 5.92 Å². The van der Waals surface area contributed by atoms with E-state index < -0.39 is 5.60 Å². The van der Waals surface area contributed by atoms with Crippen LogP contribution in [0.1, 0.15) is 55.0 Å². The molecule has 0 radical (unpaired) electrons. The third kappa shape index (κ3) is 3.67. The number of thiazole rings is 1. The molecule has 124 valence electrons. The van der Waals surface area contributed by atoms with Crippen molar-refractivity contribution in [3.05, 3.63) is 16.1 Å². The van der Waals surface area contributed by atoms with E-state index in [9.17, 15) is 9.90 Å². The number of carbonyl (C=O) groups excluding carboxylic acids is 1. The van der Waals surface area contributed by atoms with Gasteiger partial charge in [-0.05, 0) is 18.8 Å². The summed E-state index contributed by atoms with van der Waals surface area (Å²) in [6.45, 7) is 7.81. The van der Waals surface area contributed by atoms with Gasteiger partial charge in [-0.2, -0.15) is 0 Å². The maximum atomic E-state index is 12.6. The third-order valence-corrected chi connectivity index (χ3v) is 5.40. The first-order valence-electron chi connectivity index (χ1n) is 7.83. The lowest BCUT2D eigenvalue weighted by atomic mass is 9.80. The van der Waals surface area contributed by atoms with Gasteiger partial charge in [-0.1, -0.05) is 20.8 Å². The molecule has 2 heterocycles. The maximum absolute atomic E-state index is 12.6. The average molecular weight is 326 g/mol. The minimum Gasteiger partial charge on any atom is -0.389 e. The van der Waals surface area contributed by atoms with Crippen LogP contribution in [0.4, 0.5) is 0 Å². The molecule has 0 bridgehead atoms. The van der Waals surface area contributed by atoms with Crippen molar-refractivity contribution in [1.82, 2.24) is 9.88 Å². The van der Waals surface area contributed by atoms with Crippen LogP contribution in [0.3, 0.4) is 0 Å². The fourth-order valence-electron chi connectivity index (χ4n) is 2.79. The Labute approximate surface area is 136 Å². The number of amides is 1. The Kier molecular flexibility index (Phi) is 5.58. The highest BCUT2D eigenvalue weighted by Crippen LogP contribution is 2.32. The molecule has 0 aliphatic carbocycles. The molecule has 22 heavy (non-hydrogen) atoms. The molecule has 2 rings (SSSR count). The number of nitrogens with zero attached hydrogens (tertiary/aromatic N) is 2. The molecule has 0 spiro atoms. The highest BCUT2D eigenvalue weighted by Gasteiger charge is 2.40. The topological polar surface area (TPSA) is 62.7 Å². The number of likely N-dealkylation sites (tertiary alicyclic amines) is 1. The van der Waals surface area contributed by atoms with Gasteiger partial charge in [-0.3, -0.25) is 4.79 Å². The number of hydrogen-bond acceptors (Lipinski definition) is 5. The minimum absolute atomic E-state index is 0.0162. The quantitative estimate of drug-likeness (QED) is 0.903. The van der Waals surface area contributed by atoms with Crippen molar-refractivity contribution in [2.75, 3.05) is 26.8 Å². The van der Waals surface area contributed by atoms with Crippen molar-refractivity contribution in [2.45, 2.75) is 45.1 Å². The zero-order valence-corrected chi connectivity index (χ0v) is 14.7. The molecule has 5 nitrogen and oxygen atoms in total. The number of aliphatic hydroxyl groups is 1. The molecule has 1 N–H and O–H groups in total. The summed E-state index contributed by atoms with van der Waals surface area (Å²) in [5.74, 6) is 0.347. The van der Waals surface area contributed by atoms with E-state index in [0.717, 1.165) is 5.69 Å². The Morgan fingerprint density at radius 3 is 2.91 bits per heavy atom. The smallest absolute Gasteiger partial charge is 0.282 e. The molecule has 1 saturated heterocycles. The summed E-state index contributed by atoms with van der Waals surface area (Å²) in [6, 6.07) is 0. The van der Waals surface area contributed by atoms with Gasteiger partial charge in [0.1, 0.15) is 0 Å². The Morgan fingerprint density at radius 2 is 2.36 bits per heavy atom. The highest BCUT2D eigenvalue weighted by molar-refractivity contribution is 7.11. The van der Waals surface area contributed by atoms with Crippen LogP contribution in [0.25, 0.3) is 0 Å². The second kappa shape index (κ2) is 7.06. The van der Waals surface area contributed by atoms with E-state index in [1.54, 1.807) is 7.11 Å². The van der Waals surface area contributed by atoms with E-state index in [-0.39, 0.29) is 11.8 Å². The molecular weight excluding hydrogens is 300 g/mol. The fourth-order valence-corrected chi connectivity index (χ4v) is 3.73. The number of hydrogen-bond donors (Lipinski definition) is 1. The lowest BCUT2D eigenvalue weighted by Crippen LogP contribution is -2.52. The predicted octanol–water partition coefficient (Wildman–Crippen LogP) is 2.52. The molecular formula is C16H26N2O3S. The number of ether oxygens (including phenoxy) is 1. The van der Waals surface area contributed by atoms with E-state index in [2.05, 4.69) is 18.8 Å². The van der Waals surface area contributed by atoms with Crippen molar-refractivity contribution in [3.8, 4) is 0 Å². The molecule has 2 atom stereocenters. The highest BCUT2D eigenvalue weighted by atomic mass is 32.1. The summed E-state index contributed by atoms with van der Waals surface area (Å²) in [5.41, 5.74) is 0.230. The second-order valence-corrected chi connectivity index (χ2v) is 7.34. The van der Waals surface area contributed by atoms with Crippen LogP contribution >= 0.6 is 11.3 Å². The largest absolute Gasteiger partial charge is 0.389 e. The summed E-state index contributed by atoms with van der Waals surface area (Å²) in [4.78, 5) is 18.8. The van der Waals surface area contributed by atoms with Gasteiger partial charge in [0.25, 0.3) is 5.91 Å². The normalized spacial score (nSPS) is 25.7. The van der Waals surface area contributed by atoms with Crippen LogP contribution in [0, 0.1) is 5.92 Å². The summed E-state index contributed by atoms with van der Waals surface area (Å²) in [5, 5.41) is 13.2. The van der Waals surface area contributed by atoms with Crippen LogP contribution < -0.4 is 0 Å². The second-order valence-electron chi connectivity index (χ2n) is 6.48. The van der Waals surface area contributed by atoms with Gasteiger partial charge in [0.2, 0.25) is 0 Å². The molecule has 1 aliphatic rings. The number of methoxy groups -OCH3 is 1. The lowest BCUT2D eigenvalue weighted by molar-refractivity contribution is -0.0750. The predicted molar refractivity (Wildman–Crippen MR) is 87.3 cm³/mol. The summed E-state index contributed by atoms with van der Waals surface area (Å²) in [7, 11) is 1.64. The van der Waals surface area contributed by atoms with E-state index >= 15 is 0 Å². The summed E-state index contributed by atoms with van der Waals surface area (Å²) < 4.78 is 5.08. The molecule has 1 fully saturated rings. The number of piperidine rings is 1. The Bertz CT molecular complexity index is 517. The van der Waals surface area contributed by atoms with Crippen molar-refractivity contribution in [1.29, 1.82) is 0 Å². The lowest BCUT2D eigenvalue weighted by Gasteiger charge is -2.43. The van der Waals surface area contributed by atoms with Gasteiger partial charge >= 0.3 is 0 Å². The van der Waals surface area contributed by atoms with E-state index in [1.807, 2.05) is 17.2 Å². The monoisotopic (exact) mass is 326 g/mol. The minimum atomic E-state index is -0.737. The van der Waals surface area contributed by atoms with Gasteiger partial charge in [-0.25, -0.2) is 4.98 Å². The van der Waals surface area contributed by atoms with E-state index in [1.165, 1.54) is 11.3 Å². The van der Waals surface area contributed by atoms with Crippen LogP contribution in [-0.4, -0.2) is 53.3 Å². The Balaban J connectivity index is 2.01. The van der Waals surface area contributed by atoms with Gasteiger partial charge in [0, 0.05) is 38.1 Å². The Hall–Kier alpha value is -0.980. The number of rotatable bonds is 5. The zero-order chi connectivity index (χ0) is 16.3. The maximum Gasteiger partial charge on any atom is 0.282 e. The zero-order valence-electron chi connectivity index (χ0n) is 13.8. The molecule has 0 saturated carbocycles. The molecule has 1 aromatic heterocycles. The van der Waals surface area contributed by atoms with Gasteiger partial charge in [0.05, 0.1) is 11.3 Å². The number of aromatic nitrogens is 1. The summed E-state index contributed by atoms with van der Waals surface area (Å²) >= 11 is 1.41.